The third kappa shape index (κ3) is 3.18. The molecule has 1 aromatic rings. The van der Waals surface area contributed by atoms with E-state index >= 15 is 0 Å². The number of hydrogen-bond donors (Lipinski definition) is 0. The Morgan fingerprint density at radius 2 is 1.68 bits per heavy atom. The van der Waals surface area contributed by atoms with Crippen LogP contribution in [0.15, 0.2) is 58.7 Å². The predicted octanol–water partition coefficient (Wildman–Crippen LogP) is 5.86. The molecule has 2 aliphatic rings. The van der Waals surface area contributed by atoms with Crippen LogP contribution in [0.3, 0.4) is 0 Å². The van der Waals surface area contributed by atoms with Gasteiger partial charge in [-0.3, -0.25) is 9.59 Å². The highest BCUT2D eigenvalue weighted by molar-refractivity contribution is 6.27. The standard InChI is InChI=1S/C23H26O2/c1-15-9-8-14-23(3,4)20(15)13-7-12-17-16(2)21(24)18-10-5-6-11-19(18)22(17)25/h5-7,10-12H,8-9,13-14H2,1-4H3. The lowest BCUT2D eigenvalue weighted by atomic mass is 9.71. The van der Waals surface area contributed by atoms with Crippen molar-refractivity contribution in [1.29, 1.82) is 0 Å². The molecular formula is C23H26O2. The van der Waals surface area contributed by atoms with Gasteiger partial charge in [0.25, 0.3) is 0 Å². The largest absolute Gasteiger partial charge is 0.289 e. The third-order valence-corrected chi connectivity index (χ3v) is 5.70. The van der Waals surface area contributed by atoms with Crippen LogP contribution < -0.4 is 0 Å². The summed E-state index contributed by atoms with van der Waals surface area (Å²) in [6.45, 7) is 8.58. The minimum absolute atomic E-state index is 0.0387. The van der Waals surface area contributed by atoms with Crippen LogP contribution in [-0.2, 0) is 0 Å². The molecule has 3 rings (SSSR count). The molecule has 0 saturated carbocycles. The van der Waals surface area contributed by atoms with Crippen LogP contribution in [0.5, 0.6) is 0 Å². The third-order valence-electron chi connectivity index (χ3n) is 5.70. The molecule has 0 aliphatic heterocycles. The molecule has 0 amide bonds. The number of ketones is 2. The predicted molar refractivity (Wildman–Crippen MR) is 102 cm³/mol. The second kappa shape index (κ2) is 6.59. The van der Waals surface area contributed by atoms with Crippen molar-refractivity contribution in [3.05, 3.63) is 69.8 Å². The zero-order valence-electron chi connectivity index (χ0n) is 15.6. The Balaban J connectivity index is 1.88. The molecule has 2 nitrogen and oxygen atoms in total. The van der Waals surface area contributed by atoms with Crippen LogP contribution in [0.1, 0.15) is 74.1 Å². The molecule has 2 aliphatic carbocycles. The minimum atomic E-state index is -0.0439. The molecule has 25 heavy (non-hydrogen) atoms. The first-order valence-electron chi connectivity index (χ1n) is 9.08. The van der Waals surface area contributed by atoms with Crippen LogP contribution >= 0.6 is 0 Å². The summed E-state index contributed by atoms with van der Waals surface area (Å²) in [6.07, 6.45) is 8.39. The van der Waals surface area contributed by atoms with E-state index in [1.807, 2.05) is 12.1 Å². The molecule has 0 unspecified atom stereocenters. The van der Waals surface area contributed by atoms with Crippen LogP contribution in [0.2, 0.25) is 0 Å². The number of hydrogen-bond acceptors (Lipinski definition) is 2. The molecule has 0 atom stereocenters. The number of fused-ring (bicyclic) bond motifs is 1. The zero-order chi connectivity index (χ0) is 18.2. The van der Waals surface area contributed by atoms with E-state index in [2.05, 4.69) is 26.8 Å². The van der Waals surface area contributed by atoms with Gasteiger partial charge in [-0.2, -0.15) is 0 Å². The van der Waals surface area contributed by atoms with Crippen molar-refractivity contribution >= 4 is 11.6 Å². The Kier molecular flexibility index (Phi) is 4.64. The maximum absolute atomic E-state index is 12.8. The Morgan fingerprint density at radius 1 is 1.04 bits per heavy atom. The molecule has 0 bridgehead atoms. The van der Waals surface area contributed by atoms with Gasteiger partial charge in [-0.05, 0) is 44.9 Å². The summed E-state index contributed by atoms with van der Waals surface area (Å²) in [4.78, 5) is 25.3. The van der Waals surface area contributed by atoms with Crippen LogP contribution in [0, 0.1) is 5.41 Å². The molecule has 0 aromatic heterocycles. The maximum Gasteiger partial charge on any atom is 0.194 e. The maximum atomic E-state index is 12.8. The quantitative estimate of drug-likeness (QED) is 0.649. The van der Waals surface area contributed by atoms with E-state index in [0.717, 1.165) is 6.42 Å². The number of benzene rings is 1. The van der Waals surface area contributed by atoms with Gasteiger partial charge in [-0.1, -0.05) is 61.4 Å². The van der Waals surface area contributed by atoms with E-state index < -0.39 is 0 Å². The molecule has 1 aromatic carbocycles. The van der Waals surface area contributed by atoms with Crippen molar-refractivity contribution in [2.24, 2.45) is 5.41 Å². The van der Waals surface area contributed by atoms with Crippen molar-refractivity contribution in [2.75, 3.05) is 0 Å². The van der Waals surface area contributed by atoms with E-state index in [1.54, 1.807) is 25.1 Å². The summed E-state index contributed by atoms with van der Waals surface area (Å²) in [6, 6.07) is 7.09. The molecule has 0 fully saturated rings. The summed E-state index contributed by atoms with van der Waals surface area (Å²) in [5.41, 5.74) is 5.30. The van der Waals surface area contributed by atoms with E-state index in [0.29, 0.717) is 22.3 Å². The Bertz CT molecular complexity index is 831. The number of Topliss-reactive ketones (excluding diaryl/α,β-unsaturated/α-hetero) is 2. The molecule has 0 heterocycles. The van der Waals surface area contributed by atoms with Crippen LogP contribution in [0.4, 0.5) is 0 Å². The smallest absolute Gasteiger partial charge is 0.194 e. The van der Waals surface area contributed by atoms with Gasteiger partial charge in [-0.15, -0.1) is 0 Å². The van der Waals surface area contributed by atoms with Crippen molar-refractivity contribution < 1.29 is 9.59 Å². The van der Waals surface area contributed by atoms with Crippen molar-refractivity contribution in [1.82, 2.24) is 0 Å². The highest BCUT2D eigenvalue weighted by Gasteiger charge is 2.29. The Labute approximate surface area is 150 Å². The number of carbonyl (C=O) groups is 2. The van der Waals surface area contributed by atoms with Crippen molar-refractivity contribution in [2.45, 2.75) is 53.4 Å². The molecule has 2 heteroatoms. The Hall–Kier alpha value is -2.22. The SMILES string of the molecule is CC1=C(CC=CC2=C(C)C(=O)c3ccccc3C2=O)C(C)(C)CCC1. The second-order valence-corrected chi connectivity index (χ2v) is 7.85. The van der Waals surface area contributed by atoms with Gasteiger partial charge in [-0.25, -0.2) is 0 Å². The van der Waals surface area contributed by atoms with Gasteiger partial charge in [0, 0.05) is 22.3 Å². The molecule has 0 saturated heterocycles. The molecule has 0 spiro atoms. The van der Waals surface area contributed by atoms with E-state index in [-0.39, 0.29) is 17.0 Å². The Morgan fingerprint density at radius 3 is 2.32 bits per heavy atom. The lowest BCUT2D eigenvalue weighted by Crippen LogP contribution is -2.20. The zero-order valence-corrected chi connectivity index (χ0v) is 15.6. The fraction of sp³-hybridized carbons (Fsp3) is 0.391. The van der Waals surface area contributed by atoms with E-state index in [1.165, 1.54) is 30.4 Å². The summed E-state index contributed by atoms with van der Waals surface area (Å²) >= 11 is 0. The fourth-order valence-corrected chi connectivity index (χ4v) is 4.14. The van der Waals surface area contributed by atoms with E-state index in [9.17, 15) is 9.59 Å². The molecule has 130 valence electrons. The van der Waals surface area contributed by atoms with Crippen molar-refractivity contribution in [3.63, 3.8) is 0 Å². The normalized spacial score (nSPS) is 20.5. The van der Waals surface area contributed by atoms with E-state index in [4.69, 9.17) is 0 Å². The van der Waals surface area contributed by atoms with Gasteiger partial charge < -0.3 is 0 Å². The lowest BCUT2D eigenvalue weighted by Gasteiger charge is -2.34. The lowest BCUT2D eigenvalue weighted by molar-refractivity contribution is 0.0978. The van der Waals surface area contributed by atoms with Gasteiger partial charge in [0.05, 0.1) is 0 Å². The minimum Gasteiger partial charge on any atom is -0.289 e. The molecule has 0 N–H and O–H groups in total. The van der Waals surface area contributed by atoms with Gasteiger partial charge in [0.1, 0.15) is 0 Å². The van der Waals surface area contributed by atoms with Gasteiger partial charge in [0.2, 0.25) is 0 Å². The van der Waals surface area contributed by atoms with Gasteiger partial charge in [0.15, 0.2) is 11.6 Å². The topological polar surface area (TPSA) is 34.1 Å². The van der Waals surface area contributed by atoms with Crippen molar-refractivity contribution in [3.8, 4) is 0 Å². The summed E-state index contributed by atoms with van der Waals surface area (Å²) < 4.78 is 0. The first-order chi connectivity index (χ1) is 11.8. The number of allylic oxidation sites excluding steroid dienone is 6. The molecular weight excluding hydrogens is 308 g/mol. The highest BCUT2D eigenvalue weighted by atomic mass is 16.1. The summed E-state index contributed by atoms with van der Waals surface area (Å²) in [5, 5.41) is 0. The second-order valence-electron chi connectivity index (χ2n) is 7.85. The monoisotopic (exact) mass is 334 g/mol. The number of rotatable bonds is 3. The first-order valence-corrected chi connectivity index (χ1v) is 9.08. The van der Waals surface area contributed by atoms with Crippen LogP contribution in [-0.4, -0.2) is 11.6 Å². The average Bonchev–Trinajstić information content (AvgIpc) is 2.58. The fourth-order valence-electron chi connectivity index (χ4n) is 4.14. The number of carbonyl (C=O) groups excluding carboxylic acids is 2. The average molecular weight is 334 g/mol. The molecule has 0 radical (unpaired) electrons. The summed E-state index contributed by atoms with van der Waals surface area (Å²) in [5.74, 6) is -0.0826. The highest BCUT2D eigenvalue weighted by Crippen LogP contribution is 2.42. The van der Waals surface area contributed by atoms with Crippen LogP contribution in [0.25, 0.3) is 0 Å². The summed E-state index contributed by atoms with van der Waals surface area (Å²) in [7, 11) is 0. The first kappa shape index (κ1) is 17.6. The van der Waals surface area contributed by atoms with Gasteiger partial charge >= 0.3 is 0 Å².